The topological polar surface area (TPSA) is 60.0 Å². The van der Waals surface area contributed by atoms with E-state index in [0.29, 0.717) is 39.6 Å². The fourth-order valence-corrected chi connectivity index (χ4v) is 2.14. The molecule has 0 spiro atoms. The molecule has 6 heteroatoms. The van der Waals surface area contributed by atoms with Gasteiger partial charge in [-0.3, -0.25) is 0 Å². The molecule has 1 heterocycles. The number of ether oxygens (including phenoxy) is 3. The summed E-state index contributed by atoms with van der Waals surface area (Å²) >= 11 is 1.59. The van der Waals surface area contributed by atoms with Crippen LogP contribution in [-0.4, -0.2) is 58.3 Å². The molecule has 1 aromatic rings. The van der Waals surface area contributed by atoms with Gasteiger partial charge in [0.05, 0.1) is 39.1 Å². The van der Waals surface area contributed by atoms with Crippen LogP contribution in [0.2, 0.25) is 0 Å². The maximum Gasteiger partial charge on any atom is 0.0922 e. The van der Waals surface area contributed by atoms with E-state index in [-0.39, 0.29) is 0 Å². The molecule has 1 rings (SSSR count). The van der Waals surface area contributed by atoms with Gasteiger partial charge in [-0.1, -0.05) is 0 Å². The molecule has 0 amide bonds. The lowest BCUT2D eigenvalue weighted by Crippen LogP contribution is -2.25. The van der Waals surface area contributed by atoms with Gasteiger partial charge >= 0.3 is 0 Å². The molecule has 1 atom stereocenters. The van der Waals surface area contributed by atoms with Crippen LogP contribution in [0.15, 0.2) is 16.8 Å². The van der Waals surface area contributed by atoms with Gasteiger partial charge in [0.15, 0.2) is 0 Å². The predicted molar refractivity (Wildman–Crippen MR) is 75.7 cm³/mol. The van der Waals surface area contributed by atoms with Crippen molar-refractivity contribution in [2.24, 2.45) is 0 Å². The molecule has 0 saturated carbocycles. The SMILES string of the molecule is COCCOCCOCCNCC(O)c1ccsc1. The lowest BCUT2D eigenvalue weighted by atomic mass is 10.2. The number of thiophene rings is 1. The Labute approximate surface area is 118 Å². The quantitative estimate of drug-likeness (QED) is 0.563. The van der Waals surface area contributed by atoms with E-state index in [1.165, 1.54) is 0 Å². The molecule has 19 heavy (non-hydrogen) atoms. The van der Waals surface area contributed by atoms with Gasteiger partial charge in [0.25, 0.3) is 0 Å². The minimum atomic E-state index is -0.441. The van der Waals surface area contributed by atoms with Crippen molar-refractivity contribution >= 4 is 11.3 Å². The molecule has 0 aliphatic rings. The van der Waals surface area contributed by atoms with Gasteiger partial charge in [-0.05, 0) is 22.4 Å². The lowest BCUT2D eigenvalue weighted by molar-refractivity contribution is 0.0251. The Balaban J connectivity index is 1.83. The number of rotatable bonds is 12. The van der Waals surface area contributed by atoms with Crippen LogP contribution < -0.4 is 5.32 Å². The largest absolute Gasteiger partial charge is 0.387 e. The average Bonchev–Trinajstić information content (AvgIpc) is 2.95. The van der Waals surface area contributed by atoms with Crippen molar-refractivity contribution in [1.82, 2.24) is 5.32 Å². The lowest BCUT2D eigenvalue weighted by Gasteiger charge is -2.10. The van der Waals surface area contributed by atoms with Gasteiger partial charge in [0, 0.05) is 20.2 Å². The van der Waals surface area contributed by atoms with Gasteiger partial charge in [-0.25, -0.2) is 0 Å². The minimum Gasteiger partial charge on any atom is -0.387 e. The summed E-state index contributed by atoms with van der Waals surface area (Å²) in [5, 5.41) is 16.9. The summed E-state index contributed by atoms with van der Waals surface area (Å²) in [6, 6.07) is 1.94. The van der Waals surface area contributed by atoms with Crippen molar-refractivity contribution in [1.29, 1.82) is 0 Å². The Morgan fingerprint density at radius 2 is 1.95 bits per heavy atom. The Bertz CT molecular complexity index is 295. The van der Waals surface area contributed by atoms with E-state index in [1.807, 2.05) is 16.8 Å². The molecule has 0 aliphatic heterocycles. The van der Waals surface area contributed by atoms with Crippen LogP contribution >= 0.6 is 11.3 Å². The third-order valence-corrected chi connectivity index (χ3v) is 3.19. The van der Waals surface area contributed by atoms with Crippen LogP contribution in [0.4, 0.5) is 0 Å². The van der Waals surface area contributed by atoms with Crippen LogP contribution in [0.25, 0.3) is 0 Å². The summed E-state index contributed by atoms with van der Waals surface area (Å²) in [4.78, 5) is 0. The molecular formula is C13H23NO4S. The molecule has 0 bridgehead atoms. The van der Waals surface area contributed by atoms with Gasteiger partial charge in [-0.15, -0.1) is 0 Å². The maximum absolute atomic E-state index is 9.80. The normalized spacial score (nSPS) is 12.7. The van der Waals surface area contributed by atoms with Crippen LogP contribution in [0.5, 0.6) is 0 Å². The highest BCUT2D eigenvalue weighted by Crippen LogP contribution is 2.14. The zero-order chi connectivity index (χ0) is 13.8. The molecule has 0 fully saturated rings. The zero-order valence-electron chi connectivity index (χ0n) is 11.3. The van der Waals surface area contributed by atoms with Gasteiger partial charge in [0.2, 0.25) is 0 Å². The second kappa shape index (κ2) is 11.3. The Hall–Kier alpha value is -0.500. The van der Waals surface area contributed by atoms with E-state index in [2.05, 4.69) is 5.32 Å². The summed E-state index contributed by atoms with van der Waals surface area (Å²) in [5.41, 5.74) is 0.963. The first-order valence-corrected chi connectivity index (χ1v) is 7.34. The van der Waals surface area contributed by atoms with E-state index >= 15 is 0 Å². The highest BCUT2D eigenvalue weighted by atomic mass is 32.1. The maximum atomic E-state index is 9.80. The van der Waals surface area contributed by atoms with Crippen molar-refractivity contribution in [2.75, 3.05) is 53.2 Å². The van der Waals surface area contributed by atoms with E-state index < -0.39 is 6.10 Å². The van der Waals surface area contributed by atoms with E-state index in [4.69, 9.17) is 14.2 Å². The van der Waals surface area contributed by atoms with Gasteiger partial charge < -0.3 is 24.6 Å². The molecule has 1 aromatic heterocycles. The van der Waals surface area contributed by atoms with E-state index in [1.54, 1.807) is 18.4 Å². The molecule has 0 aliphatic carbocycles. The first kappa shape index (κ1) is 16.6. The average molecular weight is 289 g/mol. The highest BCUT2D eigenvalue weighted by molar-refractivity contribution is 7.07. The van der Waals surface area contributed by atoms with Crippen molar-refractivity contribution < 1.29 is 19.3 Å². The van der Waals surface area contributed by atoms with Crippen LogP contribution in [0.3, 0.4) is 0 Å². The molecule has 0 saturated heterocycles. The fraction of sp³-hybridized carbons (Fsp3) is 0.692. The third-order valence-electron chi connectivity index (χ3n) is 2.49. The molecule has 5 nitrogen and oxygen atoms in total. The first-order chi connectivity index (χ1) is 9.34. The number of methoxy groups -OCH3 is 1. The summed E-state index contributed by atoms with van der Waals surface area (Å²) < 4.78 is 15.5. The van der Waals surface area contributed by atoms with Crippen molar-refractivity contribution in [3.63, 3.8) is 0 Å². The summed E-state index contributed by atoms with van der Waals surface area (Å²) in [6.07, 6.45) is -0.441. The summed E-state index contributed by atoms with van der Waals surface area (Å²) in [6.45, 7) is 4.26. The fourth-order valence-electron chi connectivity index (χ4n) is 1.43. The number of aliphatic hydroxyl groups is 1. The summed E-state index contributed by atoms with van der Waals surface area (Å²) in [7, 11) is 1.65. The van der Waals surface area contributed by atoms with Crippen molar-refractivity contribution in [3.05, 3.63) is 22.4 Å². The number of nitrogens with one attached hydrogen (secondary N) is 1. The number of hydrogen-bond acceptors (Lipinski definition) is 6. The second-order valence-electron chi connectivity index (χ2n) is 3.99. The first-order valence-electron chi connectivity index (χ1n) is 6.40. The van der Waals surface area contributed by atoms with Crippen LogP contribution in [0, 0.1) is 0 Å². The van der Waals surface area contributed by atoms with Crippen molar-refractivity contribution in [2.45, 2.75) is 6.10 Å². The van der Waals surface area contributed by atoms with Crippen LogP contribution in [-0.2, 0) is 14.2 Å². The van der Waals surface area contributed by atoms with E-state index in [0.717, 1.165) is 12.1 Å². The minimum absolute atomic E-state index is 0.441. The molecule has 1 unspecified atom stereocenters. The Morgan fingerprint density at radius 3 is 2.63 bits per heavy atom. The molecule has 0 radical (unpaired) electrons. The zero-order valence-corrected chi connectivity index (χ0v) is 12.2. The molecule has 110 valence electrons. The number of hydrogen-bond donors (Lipinski definition) is 2. The number of aliphatic hydroxyl groups excluding tert-OH is 1. The summed E-state index contributed by atoms with van der Waals surface area (Å²) in [5.74, 6) is 0. The highest BCUT2D eigenvalue weighted by Gasteiger charge is 2.06. The standard InChI is InChI=1S/C13H23NO4S/c1-16-5-6-18-8-7-17-4-3-14-10-13(15)12-2-9-19-11-12/h2,9,11,13-15H,3-8,10H2,1H3. The predicted octanol–water partition coefficient (Wildman–Crippen LogP) is 1.05. The molecule has 0 aromatic carbocycles. The monoisotopic (exact) mass is 289 g/mol. The smallest absolute Gasteiger partial charge is 0.0922 e. The molecular weight excluding hydrogens is 266 g/mol. The third kappa shape index (κ3) is 8.30. The van der Waals surface area contributed by atoms with E-state index in [9.17, 15) is 5.11 Å². The van der Waals surface area contributed by atoms with Gasteiger partial charge in [-0.2, -0.15) is 11.3 Å². The van der Waals surface area contributed by atoms with Crippen molar-refractivity contribution in [3.8, 4) is 0 Å². The van der Waals surface area contributed by atoms with Gasteiger partial charge in [0.1, 0.15) is 0 Å². The second-order valence-corrected chi connectivity index (χ2v) is 4.77. The molecule has 2 N–H and O–H groups in total. The Morgan fingerprint density at radius 1 is 1.21 bits per heavy atom. The van der Waals surface area contributed by atoms with Crippen LogP contribution in [0.1, 0.15) is 11.7 Å². The Kier molecular flexibility index (Phi) is 9.88.